The molecule has 0 aliphatic heterocycles. The average molecular weight is 189 g/mol. The molecule has 0 aliphatic rings. The molecule has 0 spiro atoms. The number of aryl methyl sites for hydroxylation is 1. The second kappa shape index (κ2) is 4.85. The largest absolute Gasteiger partial charge is 0.362 e. The Morgan fingerprint density at radius 2 is 2.00 bits per heavy atom. The van der Waals surface area contributed by atoms with Crippen molar-refractivity contribution in [3.63, 3.8) is 0 Å². The predicted molar refractivity (Wildman–Crippen MR) is 63.7 cm³/mol. The highest BCUT2D eigenvalue weighted by molar-refractivity contribution is 5.59. The fourth-order valence-corrected chi connectivity index (χ4v) is 1.54. The highest BCUT2D eigenvalue weighted by Crippen LogP contribution is 2.27. The summed E-state index contributed by atoms with van der Waals surface area (Å²) in [5.41, 5.74) is 3.93. The maximum Gasteiger partial charge on any atom is 0.0444 e. The number of rotatable bonds is 3. The van der Waals surface area contributed by atoms with Gasteiger partial charge >= 0.3 is 0 Å². The molecule has 1 aromatic carbocycles. The van der Waals surface area contributed by atoms with Crippen molar-refractivity contribution in [1.82, 2.24) is 0 Å². The van der Waals surface area contributed by atoms with Crippen molar-refractivity contribution in [3.05, 3.63) is 41.6 Å². The minimum absolute atomic E-state index is 0.558. The van der Waals surface area contributed by atoms with Crippen LogP contribution in [0.2, 0.25) is 0 Å². The molecule has 1 rings (SSSR count). The van der Waals surface area contributed by atoms with Gasteiger partial charge in [-0.05, 0) is 37.1 Å². The molecule has 1 nitrogen and oxygen atoms in total. The van der Waals surface area contributed by atoms with Crippen molar-refractivity contribution in [3.8, 4) is 0 Å². The van der Waals surface area contributed by atoms with Gasteiger partial charge < -0.3 is 5.32 Å². The number of para-hydroxylation sites is 1. The summed E-state index contributed by atoms with van der Waals surface area (Å²) < 4.78 is 0. The minimum atomic E-state index is 0.558. The van der Waals surface area contributed by atoms with Crippen LogP contribution in [-0.4, -0.2) is 0 Å². The lowest BCUT2D eigenvalue weighted by Crippen LogP contribution is -1.98. The normalized spacial score (nSPS) is 11.2. The van der Waals surface area contributed by atoms with Gasteiger partial charge in [-0.3, -0.25) is 0 Å². The van der Waals surface area contributed by atoms with E-state index in [9.17, 15) is 0 Å². The minimum Gasteiger partial charge on any atom is -0.362 e. The van der Waals surface area contributed by atoms with E-state index < -0.39 is 0 Å². The summed E-state index contributed by atoms with van der Waals surface area (Å²) in [7, 11) is 0. The summed E-state index contributed by atoms with van der Waals surface area (Å²) in [6.07, 6.45) is 3.99. The predicted octanol–water partition coefficient (Wildman–Crippen LogP) is 4.06. The van der Waals surface area contributed by atoms with E-state index in [1.165, 1.54) is 16.8 Å². The van der Waals surface area contributed by atoms with Crippen molar-refractivity contribution in [2.75, 3.05) is 5.32 Å². The first kappa shape index (κ1) is 10.8. The molecule has 0 aliphatic carbocycles. The molecule has 0 heterocycles. The molecule has 1 aromatic rings. The number of benzene rings is 1. The van der Waals surface area contributed by atoms with Gasteiger partial charge in [-0.2, -0.15) is 0 Å². The van der Waals surface area contributed by atoms with Crippen LogP contribution in [0.5, 0.6) is 0 Å². The molecule has 0 radical (unpaired) electrons. The number of allylic oxidation sites excluding steroid dienone is 1. The van der Waals surface area contributed by atoms with Crippen LogP contribution >= 0.6 is 0 Å². The Labute approximate surface area is 86.8 Å². The maximum atomic E-state index is 3.33. The molecule has 0 saturated heterocycles. The first-order valence-corrected chi connectivity index (χ1v) is 5.14. The Bertz CT molecular complexity index is 324. The fourth-order valence-electron chi connectivity index (χ4n) is 1.54. The summed E-state index contributed by atoms with van der Waals surface area (Å²) in [4.78, 5) is 0. The lowest BCUT2D eigenvalue weighted by Gasteiger charge is -2.14. The standard InChI is InChI=1S/C13H19N/c1-5-9-14-13-11(4)7-6-8-12(13)10(2)3/h5-10,14H,1-4H3/b9-5+. The van der Waals surface area contributed by atoms with Crippen molar-refractivity contribution >= 4 is 5.69 Å². The van der Waals surface area contributed by atoms with E-state index >= 15 is 0 Å². The molecule has 1 N–H and O–H groups in total. The molecule has 0 atom stereocenters. The second-order valence-corrected chi connectivity index (χ2v) is 3.84. The van der Waals surface area contributed by atoms with Gasteiger partial charge in [0.05, 0.1) is 0 Å². The topological polar surface area (TPSA) is 12.0 Å². The van der Waals surface area contributed by atoms with E-state index in [4.69, 9.17) is 0 Å². The van der Waals surface area contributed by atoms with Gasteiger partial charge in [-0.25, -0.2) is 0 Å². The van der Waals surface area contributed by atoms with Gasteiger partial charge in [-0.15, -0.1) is 0 Å². The van der Waals surface area contributed by atoms with Crippen LogP contribution in [0.3, 0.4) is 0 Å². The van der Waals surface area contributed by atoms with Gasteiger partial charge in [0, 0.05) is 5.69 Å². The number of nitrogens with one attached hydrogen (secondary N) is 1. The third-order valence-corrected chi connectivity index (χ3v) is 2.32. The second-order valence-electron chi connectivity index (χ2n) is 3.84. The fraction of sp³-hybridized carbons (Fsp3) is 0.385. The molecule has 76 valence electrons. The summed E-state index contributed by atoms with van der Waals surface area (Å²) in [5.74, 6) is 0.558. The maximum absolute atomic E-state index is 3.33. The molecule has 0 aromatic heterocycles. The molecule has 1 heteroatoms. The van der Waals surface area contributed by atoms with Crippen LogP contribution in [0.1, 0.15) is 37.8 Å². The Morgan fingerprint density at radius 1 is 1.29 bits per heavy atom. The highest BCUT2D eigenvalue weighted by Gasteiger charge is 2.06. The Balaban J connectivity index is 3.08. The van der Waals surface area contributed by atoms with Crippen LogP contribution < -0.4 is 5.32 Å². The summed E-state index contributed by atoms with van der Waals surface area (Å²) in [6, 6.07) is 6.44. The van der Waals surface area contributed by atoms with E-state index in [1.54, 1.807) is 0 Å². The van der Waals surface area contributed by atoms with Gasteiger partial charge in [-0.1, -0.05) is 38.1 Å². The summed E-state index contributed by atoms with van der Waals surface area (Å²) in [6.45, 7) is 8.59. The molecule has 0 fully saturated rings. The van der Waals surface area contributed by atoms with Gasteiger partial charge in [0.15, 0.2) is 0 Å². The smallest absolute Gasteiger partial charge is 0.0444 e. The number of hydrogen-bond donors (Lipinski definition) is 1. The molecule has 0 saturated carbocycles. The number of anilines is 1. The zero-order valence-corrected chi connectivity index (χ0v) is 9.46. The van der Waals surface area contributed by atoms with Crippen LogP contribution in [-0.2, 0) is 0 Å². The first-order valence-electron chi connectivity index (χ1n) is 5.14. The first-order chi connectivity index (χ1) is 6.66. The van der Waals surface area contributed by atoms with Crippen LogP contribution in [0.25, 0.3) is 0 Å². The quantitative estimate of drug-likeness (QED) is 0.756. The van der Waals surface area contributed by atoms with Crippen LogP contribution in [0.4, 0.5) is 5.69 Å². The molecular formula is C13H19N. The van der Waals surface area contributed by atoms with E-state index in [2.05, 4.69) is 44.3 Å². The summed E-state index contributed by atoms with van der Waals surface area (Å²) in [5, 5.41) is 3.33. The van der Waals surface area contributed by atoms with Gasteiger partial charge in [0.1, 0.15) is 0 Å². The number of hydrogen-bond acceptors (Lipinski definition) is 1. The van der Waals surface area contributed by atoms with Crippen molar-refractivity contribution in [1.29, 1.82) is 0 Å². The van der Waals surface area contributed by atoms with Crippen molar-refractivity contribution in [2.24, 2.45) is 0 Å². The zero-order chi connectivity index (χ0) is 10.6. The monoisotopic (exact) mass is 189 g/mol. The lowest BCUT2D eigenvalue weighted by molar-refractivity contribution is 0.867. The van der Waals surface area contributed by atoms with Gasteiger partial charge in [0.2, 0.25) is 0 Å². The van der Waals surface area contributed by atoms with Crippen LogP contribution in [0, 0.1) is 6.92 Å². The Kier molecular flexibility index (Phi) is 3.75. The third-order valence-electron chi connectivity index (χ3n) is 2.32. The van der Waals surface area contributed by atoms with E-state index in [1.807, 2.05) is 19.2 Å². The Hall–Kier alpha value is -1.24. The van der Waals surface area contributed by atoms with Gasteiger partial charge in [0.25, 0.3) is 0 Å². The van der Waals surface area contributed by atoms with Crippen molar-refractivity contribution < 1.29 is 0 Å². The van der Waals surface area contributed by atoms with E-state index in [-0.39, 0.29) is 0 Å². The molecule has 14 heavy (non-hydrogen) atoms. The molecule has 0 unspecified atom stereocenters. The zero-order valence-electron chi connectivity index (χ0n) is 9.46. The SMILES string of the molecule is C/C=C/Nc1c(C)cccc1C(C)C. The lowest BCUT2D eigenvalue weighted by atomic mass is 9.98. The Morgan fingerprint density at radius 3 is 2.57 bits per heavy atom. The summed E-state index contributed by atoms with van der Waals surface area (Å²) >= 11 is 0. The third kappa shape index (κ3) is 2.38. The molecular weight excluding hydrogens is 170 g/mol. The molecule has 0 bridgehead atoms. The average Bonchev–Trinajstić information content (AvgIpc) is 2.15. The van der Waals surface area contributed by atoms with E-state index in [0.29, 0.717) is 5.92 Å². The van der Waals surface area contributed by atoms with Crippen molar-refractivity contribution in [2.45, 2.75) is 33.6 Å². The van der Waals surface area contributed by atoms with Crippen LogP contribution in [0.15, 0.2) is 30.5 Å². The van der Waals surface area contributed by atoms with E-state index in [0.717, 1.165) is 0 Å². The highest BCUT2D eigenvalue weighted by atomic mass is 14.8. The molecule has 0 amide bonds.